The number of hydrogen-bond acceptors (Lipinski definition) is 3. The minimum Gasteiger partial charge on any atom is -0.341 e. The van der Waals surface area contributed by atoms with Crippen LogP contribution in [0.25, 0.3) is 11.1 Å². The van der Waals surface area contributed by atoms with Gasteiger partial charge in [0.1, 0.15) is 0 Å². The van der Waals surface area contributed by atoms with Crippen LogP contribution in [-0.2, 0) is 11.2 Å². The third-order valence-electron chi connectivity index (χ3n) is 5.87. The topological polar surface area (TPSA) is 36.4 Å². The molecule has 0 spiro atoms. The molecular weight excluding hydrogens is 334 g/mol. The molecule has 0 radical (unpaired) electrons. The number of carbonyl (C=O) groups excluding carboxylic acids is 1. The lowest BCUT2D eigenvalue weighted by atomic mass is 9.95. The molecule has 2 aromatic rings. The van der Waals surface area contributed by atoms with E-state index in [0.717, 1.165) is 38.5 Å². The van der Waals surface area contributed by atoms with Crippen LogP contribution in [0.4, 0.5) is 0 Å². The predicted octanol–water partition coefficient (Wildman–Crippen LogP) is 3.48. The van der Waals surface area contributed by atoms with Crippen molar-refractivity contribution in [3.63, 3.8) is 0 Å². The van der Waals surface area contributed by atoms with E-state index in [2.05, 4.69) is 41.1 Å². The summed E-state index contributed by atoms with van der Waals surface area (Å²) in [6.45, 7) is 6.87. The average Bonchev–Trinajstić information content (AvgIpc) is 3.53. The fourth-order valence-electron chi connectivity index (χ4n) is 4.07. The summed E-state index contributed by atoms with van der Waals surface area (Å²) < 4.78 is 0. The number of pyridine rings is 1. The van der Waals surface area contributed by atoms with E-state index in [1.54, 1.807) is 0 Å². The van der Waals surface area contributed by atoms with Gasteiger partial charge in [0.2, 0.25) is 5.91 Å². The summed E-state index contributed by atoms with van der Waals surface area (Å²) in [6.07, 6.45) is 7.20. The van der Waals surface area contributed by atoms with E-state index in [-0.39, 0.29) is 5.92 Å². The Morgan fingerprint density at radius 3 is 2.37 bits per heavy atom. The molecule has 1 aliphatic heterocycles. The van der Waals surface area contributed by atoms with E-state index in [1.807, 2.05) is 29.4 Å². The Morgan fingerprint density at radius 1 is 1.00 bits per heavy atom. The zero-order chi connectivity index (χ0) is 18.6. The SMILES string of the molecule is CCN1CCN(CC2CC2)C[C@H](Cc2ccc(-c3ccncc3)cc2)C1=O. The first-order valence-corrected chi connectivity index (χ1v) is 10.2. The van der Waals surface area contributed by atoms with Crippen molar-refractivity contribution in [2.45, 2.75) is 26.2 Å². The Bertz CT molecular complexity index is 755. The normalized spacial score (nSPS) is 21.3. The summed E-state index contributed by atoms with van der Waals surface area (Å²) in [6, 6.07) is 12.7. The highest BCUT2D eigenvalue weighted by Gasteiger charge is 2.32. The summed E-state index contributed by atoms with van der Waals surface area (Å²) in [4.78, 5) is 21.7. The Morgan fingerprint density at radius 2 is 1.70 bits per heavy atom. The third-order valence-corrected chi connectivity index (χ3v) is 5.87. The maximum atomic E-state index is 13.0. The minimum absolute atomic E-state index is 0.0676. The van der Waals surface area contributed by atoms with Crippen molar-refractivity contribution in [2.75, 3.05) is 32.7 Å². The van der Waals surface area contributed by atoms with E-state index in [0.29, 0.717) is 5.91 Å². The molecule has 27 heavy (non-hydrogen) atoms. The number of rotatable bonds is 6. The second-order valence-corrected chi connectivity index (χ2v) is 7.95. The van der Waals surface area contributed by atoms with Gasteiger partial charge in [0.15, 0.2) is 0 Å². The van der Waals surface area contributed by atoms with Crippen molar-refractivity contribution in [3.05, 3.63) is 54.4 Å². The van der Waals surface area contributed by atoms with Crippen molar-refractivity contribution in [3.8, 4) is 11.1 Å². The lowest BCUT2D eigenvalue weighted by molar-refractivity contribution is -0.134. The fourth-order valence-corrected chi connectivity index (χ4v) is 4.07. The van der Waals surface area contributed by atoms with Gasteiger partial charge in [-0.2, -0.15) is 0 Å². The molecule has 2 aliphatic rings. The van der Waals surface area contributed by atoms with Gasteiger partial charge in [-0.3, -0.25) is 9.78 Å². The van der Waals surface area contributed by atoms with Crippen molar-refractivity contribution < 1.29 is 4.79 Å². The molecule has 1 aromatic heterocycles. The van der Waals surface area contributed by atoms with Gasteiger partial charge in [0.05, 0.1) is 5.92 Å². The molecule has 0 unspecified atom stereocenters. The van der Waals surface area contributed by atoms with E-state index < -0.39 is 0 Å². The largest absolute Gasteiger partial charge is 0.341 e. The molecule has 2 fully saturated rings. The zero-order valence-electron chi connectivity index (χ0n) is 16.2. The van der Waals surface area contributed by atoms with Crippen LogP contribution >= 0.6 is 0 Å². The number of carbonyl (C=O) groups is 1. The molecule has 0 N–H and O–H groups in total. The standard InChI is InChI=1S/C23H29N3O/c1-2-26-14-13-25(16-19-3-4-19)17-22(23(26)27)15-18-5-7-20(8-6-18)21-9-11-24-12-10-21/h5-12,19,22H,2-4,13-17H2,1H3/t22-/m0/s1. The third kappa shape index (κ3) is 4.56. The summed E-state index contributed by atoms with van der Waals surface area (Å²) >= 11 is 0. The summed E-state index contributed by atoms with van der Waals surface area (Å²) in [5, 5.41) is 0. The van der Waals surface area contributed by atoms with Gasteiger partial charge in [0, 0.05) is 45.1 Å². The molecule has 4 heteroatoms. The first-order chi connectivity index (χ1) is 13.2. The Hall–Kier alpha value is -2.20. The van der Waals surface area contributed by atoms with E-state index >= 15 is 0 Å². The van der Waals surface area contributed by atoms with Gasteiger partial charge in [0.25, 0.3) is 0 Å². The Kier molecular flexibility index (Phi) is 5.53. The van der Waals surface area contributed by atoms with Crippen molar-refractivity contribution in [1.29, 1.82) is 0 Å². The molecule has 1 saturated carbocycles. The quantitative estimate of drug-likeness (QED) is 0.788. The Labute approximate surface area is 162 Å². The van der Waals surface area contributed by atoms with E-state index in [1.165, 1.54) is 36.1 Å². The number of nitrogens with zero attached hydrogens (tertiary/aromatic N) is 3. The molecular formula is C23H29N3O. The van der Waals surface area contributed by atoms with Gasteiger partial charge in [-0.05, 0) is 60.9 Å². The number of benzene rings is 1. The fraction of sp³-hybridized carbons (Fsp3) is 0.478. The number of amides is 1. The molecule has 1 amide bonds. The molecule has 2 heterocycles. The second kappa shape index (κ2) is 8.22. The van der Waals surface area contributed by atoms with Crippen LogP contribution in [0.5, 0.6) is 0 Å². The minimum atomic E-state index is 0.0676. The second-order valence-electron chi connectivity index (χ2n) is 7.95. The van der Waals surface area contributed by atoms with Crippen LogP contribution < -0.4 is 0 Å². The van der Waals surface area contributed by atoms with Crippen LogP contribution in [-0.4, -0.2) is 53.4 Å². The van der Waals surface area contributed by atoms with Crippen LogP contribution in [0.15, 0.2) is 48.8 Å². The zero-order valence-corrected chi connectivity index (χ0v) is 16.2. The van der Waals surface area contributed by atoms with Crippen molar-refractivity contribution in [2.24, 2.45) is 11.8 Å². The molecule has 4 nitrogen and oxygen atoms in total. The van der Waals surface area contributed by atoms with Gasteiger partial charge in [-0.1, -0.05) is 24.3 Å². The molecule has 4 rings (SSSR count). The highest BCUT2D eigenvalue weighted by molar-refractivity contribution is 5.79. The van der Waals surface area contributed by atoms with Gasteiger partial charge < -0.3 is 9.80 Å². The first-order valence-electron chi connectivity index (χ1n) is 10.2. The molecule has 1 aliphatic carbocycles. The molecule has 0 bridgehead atoms. The highest BCUT2D eigenvalue weighted by atomic mass is 16.2. The van der Waals surface area contributed by atoms with E-state index in [4.69, 9.17) is 0 Å². The van der Waals surface area contributed by atoms with Crippen LogP contribution in [0, 0.1) is 11.8 Å². The van der Waals surface area contributed by atoms with Gasteiger partial charge in [-0.25, -0.2) is 0 Å². The maximum Gasteiger partial charge on any atom is 0.227 e. The summed E-state index contributed by atoms with van der Waals surface area (Å²) in [5.74, 6) is 1.26. The van der Waals surface area contributed by atoms with Crippen LogP contribution in [0.3, 0.4) is 0 Å². The average molecular weight is 364 g/mol. The lowest BCUT2D eigenvalue weighted by Gasteiger charge is -2.23. The number of hydrogen-bond donors (Lipinski definition) is 0. The van der Waals surface area contributed by atoms with Crippen LogP contribution in [0.1, 0.15) is 25.3 Å². The Balaban J connectivity index is 1.47. The molecule has 142 valence electrons. The summed E-state index contributed by atoms with van der Waals surface area (Å²) in [5.41, 5.74) is 3.62. The number of likely N-dealkylation sites (N-methyl/N-ethyl adjacent to an activating group) is 1. The monoisotopic (exact) mass is 363 g/mol. The molecule has 1 atom stereocenters. The molecule has 1 saturated heterocycles. The van der Waals surface area contributed by atoms with Gasteiger partial charge >= 0.3 is 0 Å². The summed E-state index contributed by atoms with van der Waals surface area (Å²) in [7, 11) is 0. The van der Waals surface area contributed by atoms with Crippen molar-refractivity contribution >= 4 is 5.91 Å². The highest BCUT2D eigenvalue weighted by Crippen LogP contribution is 2.30. The first kappa shape index (κ1) is 18.2. The maximum absolute atomic E-state index is 13.0. The van der Waals surface area contributed by atoms with Crippen LogP contribution in [0.2, 0.25) is 0 Å². The molecule has 1 aromatic carbocycles. The predicted molar refractivity (Wildman–Crippen MR) is 108 cm³/mol. The van der Waals surface area contributed by atoms with Gasteiger partial charge in [-0.15, -0.1) is 0 Å². The smallest absolute Gasteiger partial charge is 0.227 e. The number of aromatic nitrogens is 1. The van der Waals surface area contributed by atoms with E-state index in [9.17, 15) is 4.79 Å². The lowest BCUT2D eigenvalue weighted by Crippen LogP contribution is -2.37. The van der Waals surface area contributed by atoms with Crippen molar-refractivity contribution in [1.82, 2.24) is 14.8 Å².